The fourth-order valence-corrected chi connectivity index (χ4v) is 1.75. The quantitative estimate of drug-likeness (QED) is 0.880. The number of nitrogens with one attached hydrogen (secondary N) is 1. The maximum Gasteiger partial charge on any atom is 0.255 e. The van der Waals surface area contributed by atoms with Crippen LogP contribution in [0, 0.1) is 17.5 Å². The molecule has 0 saturated carbocycles. The van der Waals surface area contributed by atoms with Gasteiger partial charge in [-0.05, 0) is 30.3 Å². The third-order valence-corrected chi connectivity index (χ3v) is 2.87. The Morgan fingerprint density at radius 2 is 1.67 bits per heavy atom. The molecule has 21 heavy (non-hydrogen) atoms. The topological polar surface area (TPSA) is 32.3 Å². The highest BCUT2D eigenvalue weighted by Gasteiger charge is 2.15. The van der Waals surface area contributed by atoms with Gasteiger partial charge in [0, 0.05) is 31.0 Å². The number of hydrogen-bond donors (Lipinski definition) is 1. The zero-order valence-electron chi connectivity index (χ0n) is 11.5. The van der Waals surface area contributed by atoms with Gasteiger partial charge in [-0.15, -0.1) is 0 Å². The fourth-order valence-electron chi connectivity index (χ4n) is 1.75. The number of amides is 1. The van der Waals surface area contributed by atoms with Gasteiger partial charge in [0.1, 0.15) is 0 Å². The van der Waals surface area contributed by atoms with E-state index in [1.807, 2.05) is 25.1 Å². The van der Waals surface area contributed by atoms with Gasteiger partial charge in [-0.2, -0.15) is 0 Å². The molecule has 0 saturated heterocycles. The van der Waals surface area contributed by atoms with Crippen LogP contribution in [0.3, 0.4) is 0 Å². The summed E-state index contributed by atoms with van der Waals surface area (Å²) in [5, 5.41) is 2.51. The van der Waals surface area contributed by atoms with E-state index in [0.29, 0.717) is 17.8 Å². The lowest BCUT2D eigenvalue weighted by Crippen LogP contribution is -2.14. The molecule has 0 aliphatic carbocycles. The van der Waals surface area contributed by atoms with Crippen molar-refractivity contribution in [3.8, 4) is 0 Å². The zero-order valence-corrected chi connectivity index (χ0v) is 11.5. The molecule has 0 heterocycles. The van der Waals surface area contributed by atoms with Crippen LogP contribution in [0.25, 0.3) is 0 Å². The standard InChI is InChI=1S/C15H13F3N2O/c1-20(2)11-5-3-4-10(8-11)19-15(21)9-6-12(16)14(18)13(17)7-9/h3-8H,1-2H3,(H,19,21). The summed E-state index contributed by atoms with van der Waals surface area (Å²) in [4.78, 5) is 13.8. The third-order valence-electron chi connectivity index (χ3n) is 2.87. The number of carbonyl (C=O) groups excluding carboxylic acids is 1. The molecule has 0 unspecified atom stereocenters. The van der Waals surface area contributed by atoms with Crippen LogP contribution < -0.4 is 10.2 Å². The first-order chi connectivity index (χ1) is 9.88. The lowest BCUT2D eigenvalue weighted by atomic mass is 10.2. The number of carbonyl (C=O) groups is 1. The molecule has 0 radical (unpaired) electrons. The highest BCUT2D eigenvalue weighted by atomic mass is 19.2. The first-order valence-electron chi connectivity index (χ1n) is 6.12. The number of rotatable bonds is 3. The van der Waals surface area contributed by atoms with E-state index in [0.717, 1.165) is 5.69 Å². The SMILES string of the molecule is CN(C)c1cccc(NC(=O)c2cc(F)c(F)c(F)c2)c1. The van der Waals surface area contributed by atoms with E-state index in [9.17, 15) is 18.0 Å². The predicted octanol–water partition coefficient (Wildman–Crippen LogP) is 3.42. The van der Waals surface area contributed by atoms with Crippen molar-refractivity contribution in [3.05, 3.63) is 59.4 Å². The van der Waals surface area contributed by atoms with Crippen molar-refractivity contribution >= 4 is 17.3 Å². The molecule has 0 aromatic heterocycles. The normalized spacial score (nSPS) is 10.3. The molecule has 1 N–H and O–H groups in total. The molecule has 6 heteroatoms. The molecule has 0 bridgehead atoms. The van der Waals surface area contributed by atoms with E-state index in [1.165, 1.54) is 0 Å². The van der Waals surface area contributed by atoms with Gasteiger partial charge in [-0.1, -0.05) is 6.07 Å². The van der Waals surface area contributed by atoms with Crippen molar-refractivity contribution in [1.82, 2.24) is 0 Å². The van der Waals surface area contributed by atoms with Gasteiger partial charge in [0.05, 0.1) is 0 Å². The van der Waals surface area contributed by atoms with Crippen LogP contribution in [-0.4, -0.2) is 20.0 Å². The first kappa shape index (κ1) is 14.9. The van der Waals surface area contributed by atoms with Gasteiger partial charge in [0.25, 0.3) is 5.91 Å². The van der Waals surface area contributed by atoms with Crippen LogP contribution in [-0.2, 0) is 0 Å². The summed E-state index contributed by atoms with van der Waals surface area (Å²) < 4.78 is 39.1. The monoisotopic (exact) mass is 294 g/mol. The van der Waals surface area contributed by atoms with Crippen LogP contribution in [0.2, 0.25) is 0 Å². The average molecular weight is 294 g/mol. The third kappa shape index (κ3) is 3.34. The summed E-state index contributed by atoms with van der Waals surface area (Å²) >= 11 is 0. The Kier molecular flexibility index (Phi) is 4.16. The maximum atomic E-state index is 13.1. The van der Waals surface area contributed by atoms with E-state index in [1.54, 1.807) is 18.2 Å². The molecule has 2 aromatic rings. The Balaban J connectivity index is 2.24. The van der Waals surface area contributed by atoms with Gasteiger partial charge in [0.15, 0.2) is 17.5 Å². The van der Waals surface area contributed by atoms with Crippen LogP contribution in [0.1, 0.15) is 10.4 Å². The van der Waals surface area contributed by atoms with Crippen molar-refractivity contribution in [1.29, 1.82) is 0 Å². The predicted molar refractivity (Wildman–Crippen MR) is 75.0 cm³/mol. The molecular weight excluding hydrogens is 281 g/mol. The minimum absolute atomic E-state index is 0.290. The molecule has 0 aliphatic rings. The van der Waals surface area contributed by atoms with E-state index >= 15 is 0 Å². The second-order valence-electron chi connectivity index (χ2n) is 4.65. The van der Waals surface area contributed by atoms with Gasteiger partial charge in [-0.3, -0.25) is 4.79 Å². The average Bonchev–Trinajstić information content (AvgIpc) is 2.44. The van der Waals surface area contributed by atoms with Crippen LogP contribution in [0.15, 0.2) is 36.4 Å². The summed E-state index contributed by atoms with van der Waals surface area (Å²) in [6.45, 7) is 0. The minimum atomic E-state index is -1.60. The largest absolute Gasteiger partial charge is 0.378 e. The number of nitrogens with zero attached hydrogens (tertiary/aromatic N) is 1. The number of hydrogen-bond acceptors (Lipinski definition) is 2. The van der Waals surface area contributed by atoms with E-state index in [2.05, 4.69) is 5.32 Å². The maximum absolute atomic E-state index is 13.1. The molecule has 0 aliphatic heterocycles. The second kappa shape index (κ2) is 5.87. The molecular formula is C15H13F3N2O. The minimum Gasteiger partial charge on any atom is -0.378 e. The van der Waals surface area contributed by atoms with E-state index < -0.39 is 23.4 Å². The van der Waals surface area contributed by atoms with Gasteiger partial charge in [0.2, 0.25) is 0 Å². The van der Waals surface area contributed by atoms with E-state index in [-0.39, 0.29) is 5.56 Å². The van der Waals surface area contributed by atoms with Crippen molar-refractivity contribution in [2.24, 2.45) is 0 Å². The van der Waals surface area contributed by atoms with Crippen molar-refractivity contribution in [2.75, 3.05) is 24.3 Å². The lowest BCUT2D eigenvalue weighted by molar-refractivity contribution is 0.102. The molecule has 2 aromatic carbocycles. The van der Waals surface area contributed by atoms with Gasteiger partial charge >= 0.3 is 0 Å². The summed E-state index contributed by atoms with van der Waals surface area (Å²) in [5.74, 6) is -5.12. The van der Waals surface area contributed by atoms with Gasteiger partial charge in [-0.25, -0.2) is 13.2 Å². The molecule has 0 fully saturated rings. The zero-order chi connectivity index (χ0) is 15.6. The molecule has 2 rings (SSSR count). The summed E-state index contributed by atoms with van der Waals surface area (Å²) in [5.41, 5.74) is 1.03. The highest BCUT2D eigenvalue weighted by Crippen LogP contribution is 2.19. The van der Waals surface area contributed by atoms with Crippen molar-refractivity contribution < 1.29 is 18.0 Å². The van der Waals surface area contributed by atoms with Gasteiger partial charge < -0.3 is 10.2 Å². The van der Waals surface area contributed by atoms with E-state index in [4.69, 9.17) is 0 Å². The number of halogens is 3. The smallest absolute Gasteiger partial charge is 0.255 e. The summed E-state index contributed by atoms with van der Waals surface area (Å²) in [6, 6.07) is 8.23. The molecule has 110 valence electrons. The Bertz CT molecular complexity index is 663. The Morgan fingerprint density at radius 1 is 1.05 bits per heavy atom. The van der Waals surface area contributed by atoms with Crippen molar-refractivity contribution in [3.63, 3.8) is 0 Å². The lowest BCUT2D eigenvalue weighted by Gasteiger charge is -2.14. The highest BCUT2D eigenvalue weighted by molar-refractivity contribution is 6.04. The van der Waals surface area contributed by atoms with Crippen LogP contribution in [0.5, 0.6) is 0 Å². The van der Waals surface area contributed by atoms with Crippen LogP contribution >= 0.6 is 0 Å². The molecule has 3 nitrogen and oxygen atoms in total. The van der Waals surface area contributed by atoms with Crippen molar-refractivity contribution in [2.45, 2.75) is 0 Å². The molecule has 0 atom stereocenters. The Hall–Kier alpha value is -2.50. The Labute approximate surface area is 120 Å². The number of benzene rings is 2. The number of anilines is 2. The summed E-state index contributed by atoms with van der Waals surface area (Å²) in [7, 11) is 3.68. The van der Waals surface area contributed by atoms with Crippen LogP contribution in [0.4, 0.5) is 24.5 Å². The second-order valence-corrected chi connectivity index (χ2v) is 4.65. The fraction of sp³-hybridized carbons (Fsp3) is 0.133. The first-order valence-corrected chi connectivity index (χ1v) is 6.12. The molecule has 0 spiro atoms. The summed E-state index contributed by atoms with van der Waals surface area (Å²) in [6.07, 6.45) is 0. The Morgan fingerprint density at radius 3 is 2.24 bits per heavy atom. The molecule has 1 amide bonds.